The lowest BCUT2D eigenvalue weighted by atomic mass is 9.80. The highest BCUT2D eigenvalue weighted by Crippen LogP contribution is 2.48. The fraction of sp³-hybridized carbons (Fsp3) is 0.219. The number of carbonyl (C=O) groups is 5. The van der Waals surface area contributed by atoms with Gasteiger partial charge in [0.2, 0.25) is 0 Å². The van der Waals surface area contributed by atoms with E-state index in [1.807, 2.05) is 39.0 Å². The van der Waals surface area contributed by atoms with Gasteiger partial charge < -0.3 is 4.84 Å². The van der Waals surface area contributed by atoms with Gasteiger partial charge in [0, 0.05) is 28.9 Å². The highest BCUT2D eigenvalue weighted by atomic mass is 16.7. The molecule has 0 fully saturated rings. The van der Waals surface area contributed by atoms with Gasteiger partial charge in [0.25, 0.3) is 23.6 Å². The first-order valence-electron chi connectivity index (χ1n) is 13.2. The van der Waals surface area contributed by atoms with E-state index in [2.05, 4.69) is 0 Å². The van der Waals surface area contributed by atoms with E-state index in [1.165, 1.54) is 7.05 Å². The molecule has 0 N–H and O–H groups in total. The standard InChI is InChI=1S/C32H24N2O6/c1-6-13(2)32(39)40-34-30(37)19-10-8-17-22-14(3)11-20-24-18(28(35)33(5)29(20)36)9-7-16(26(22)24)23-15(4)12-21(31(34)38)25(19)27(17)23/h7-13H,6H2,1-5H3. The van der Waals surface area contributed by atoms with E-state index in [-0.39, 0.29) is 22.9 Å². The molecule has 8 nitrogen and oxygen atoms in total. The van der Waals surface area contributed by atoms with Crippen LogP contribution in [0.1, 0.15) is 72.8 Å². The number of fused-ring (bicyclic) bond motifs is 2. The van der Waals surface area contributed by atoms with Gasteiger partial charge in [0.1, 0.15) is 0 Å². The number of hydrogen-bond acceptors (Lipinski definition) is 6. The number of amides is 4. The molecule has 0 saturated carbocycles. The minimum atomic E-state index is -0.692. The van der Waals surface area contributed by atoms with Crippen LogP contribution in [0.5, 0.6) is 0 Å². The summed E-state index contributed by atoms with van der Waals surface area (Å²) in [6.45, 7) is 7.31. The van der Waals surface area contributed by atoms with Crippen molar-refractivity contribution in [3.63, 3.8) is 0 Å². The van der Waals surface area contributed by atoms with Crippen molar-refractivity contribution in [2.24, 2.45) is 5.92 Å². The van der Waals surface area contributed by atoms with Crippen LogP contribution in [0.3, 0.4) is 0 Å². The predicted molar refractivity (Wildman–Crippen MR) is 150 cm³/mol. The molecule has 0 saturated heterocycles. The Kier molecular flexibility index (Phi) is 4.75. The zero-order valence-corrected chi connectivity index (χ0v) is 22.6. The van der Waals surface area contributed by atoms with Gasteiger partial charge in [0.05, 0.1) is 17.0 Å². The van der Waals surface area contributed by atoms with Gasteiger partial charge in [-0.05, 0) is 88.0 Å². The normalized spacial score (nSPS) is 15.8. The number of nitrogens with zero attached hydrogens (tertiary/aromatic N) is 2. The number of aryl methyl sites for hydroxylation is 2. The highest BCUT2D eigenvalue weighted by molar-refractivity contribution is 6.42. The lowest BCUT2D eigenvalue weighted by Gasteiger charge is -2.29. The summed E-state index contributed by atoms with van der Waals surface area (Å²) in [5.74, 6) is -3.20. The van der Waals surface area contributed by atoms with Crippen molar-refractivity contribution in [3.8, 4) is 0 Å². The maximum absolute atomic E-state index is 13.6. The fourth-order valence-corrected chi connectivity index (χ4v) is 6.40. The maximum atomic E-state index is 13.6. The van der Waals surface area contributed by atoms with Crippen LogP contribution in [0.15, 0.2) is 36.4 Å². The third-order valence-electron chi connectivity index (χ3n) is 8.59. The van der Waals surface area contributed by atoms with Crippen LogP contribution in [-0.2, 0) is 9.63 Å². The van der Waals surface area contributed by atoms with Crippen molar-refractivity contribution in [1.82, 2.24) is 9.96 Å². The Bertz CT molecular complexity index is 2070. The van der Waals surface area contributed by atoms with Crippen LogP contribution in [-0.4, -0.2) is 46.6 Å². The lowest BCUT2D eigenvalue weighted by Crippen LogP contribution is -2.42. The first-order valence-corrected chi connectivity index (χ1v) is 13.2. The largest absolute Gasteiger partial charge is 0.335 e. The molecule has 0 aliphatic carbocycles. The second-order valence-electron chi connectivity index (χ2n) is 10.8. The molecule has 0 bridgehead atoms. The first kappa shape index (κ1) is 24.2. The van der Waals surface area contributed by atoms with Gasteiger partial charge in [-0.1, -0.05) is 31.0 Å². The number of hydrogen-bond donors (Lipinski definition) is 0. The SMILES string of the molecule is CCC(C)C(=O)ON1C(=O)c2ccc3c4c(C)cc5c6c(ccc(c7c(C)cc(c2c37)C1=O)c64)C(=O)N(C)C5=O. The number of benzene rings is 5. The summed E-state index contributed by atoms with van der Waals surface area (Å²) in [7, 11) is 1.49. The molecule has 40 heavy (non-hydrogen) atoms. The molecule has 2 aliphatic rings. The summed E-state index contributed by atoms with van der Waals surface area (Å²) in [5.41, 5.74) is 3.12. The molecule has 4 amide bonds. The first-order chi connectivity index (χ1) is 19.1. The van der Waals surface area contributed by atoms with Crippen molar-refractivity contribution in [2.75, 3.05) is 7.05 Å². The summed E-state index contributed by atoms with van der Waals surface area (Å²) in [6, 6.07) is 10.7. The molecule has 2 aliphatic heterocycles. The zero-order valence-electron chi connectivity index (χ0n) is 22.6. The molecule has 8 heteroatoms. The summed E-state index contributed by atoms with van der Waals surface area (Å²) in [4.78, 5) is 72.4. The zero-order chi connectivity index (χ0) is 28.4. The summed E-state index contributed by atoms with van der Waals surface area (Å²) >= 11 is 0. The number of imide groups is 2. The van der Waals surface area contributed by atoms with Crippen LogP contribution in [0.25, 0.3) is 43.1 Å². The van der Waals surface area contributed by atoms with Gasteiger partial charge in [-0.15, -0.1) is 0 Å². The van der Waals surface area contributed by atoms with Crippen molar-refractivity contribution >= 4 is 72.7 Å². The smallest absolute Gasteiger partial charge is 0.329 e. The predicted octanol–water partition coefficient (Wildman–Crippen LogP) is 5.68. The van der Waals surface area contributed by atoms with E-state index in [9.17, 15) is 24.0 Å². The second-order valence-corrected chi connectivity index (χ2v) is 10.8. The van der Waals surface area contributed by atoms with E-state index >= 15 is 0 Å². The number of rotatable bonds is 3. The summed E-state index contributed by atoms with van der Waals surface area (Å²) < 4.78 is 0. The topological polar surface area (TPSA) is 101 Å². The van der Waals surface area contributed by atoms with Gasteiger partial charge in [-0.2, -0.15) is 0 Å². The third kappa shape index (κ3) is 2.77. The summed E-state index contributed by atoms with van der Waals surface area (Å²) in [6.07, 6.45) is 0.508. The fourth-order valence-electron chi connectivity index (χ4n) is 6.40. The molecular weight excluding hydrogens is 508 g/mol. The monoisotopic (exact) mass is 532 g/mol. The molecular formula is C32H24N2O6. The minimum Gasteiger partial charge on any atom is -0.329 e. The van der Waals surface area contributed by atoms with E-state index < -0.39 is 23.7 Å². The van der Waals surface area contributed by atoms with Crippen LogP contribution in [0.4, 0.5) is 0 Å². The average molecular weight is 533 g/mol. The Hall–Kier alpha value is -4.85. The molecule has 1 atom stereocenters. The van der Waals surface area contributed by atoms with Crippen molar-refractivity contribution in [3.05, 3.63) is 69.8 Å². The van der Waals surface area contributed by atoms with Gasteiger partial charge in [-0.3, -0.25) is 24.1 Å². The second kappa shape index (κ2) is 7.85. The Labute approximate surface area is 228 Å². The van der Waals surface area contributed by atoms with Gasteiger partial charge >= 0.3 is 5.97 Å². The average Bonchev–Trinajstić information content (AvgIpc) is 2.95. The molecule has 5 aromatic carbocycles. The molecule has 5 aromatic rings. The van der Waals surface area contributed by atoms with E-state index in [0.717, 1.165) is 48.3 Å². The minimum absolute atomic E-state index is 0.269. The molecule has 0 aromatic heterocycles. The van der Waals surface area contributed by atoms with Crippen molar-refractivity contribution in [2.45, 2.75) is 34.1 Å². The van der Waals surface area contributed by atoms with Crippen LogP contribution in [0.2, 0.25) is 0 Å². The van der Waals surface area contributed by atoms with E-state index in [4.69, 9.17) is 4.84 Å². The van der Waals surface area contributed by atoms with Gasteiger partial charge in [-0.25, -0.2) is 4.79 Å². The van der Waals surface area contributed by atoms with Crippen molar-refractivity contribution < 1.29 is 28.8 Å². The molecule has 198 valence electrons. The quantitative estimate of drug-likeness (QED) is 0.168. The Balaban J connectivity index is 1.61. The lowest BCUT2D eigenvalue weighted by molar-refractivity contribution is -0.173. The molecule has 0 spiro atoms. The Morgan fingerprint density at radius 1 is 0.700 bits per heavy atom. The van der Waals surface area contributed by atoms with Crippen LogP contribution in [0, 0.1) is 19.8 Å². The third-order valence-corrected chi connectivity index (χ3v) is 8.59. The van der Waals surface area contributed by atoms with E-state index in [0.29, 0.717) is 33.4 Å². The number of hydroxylamine groups is 2. The molecule has 7 rings (SSSR count). The highest BCUT2D eigenvalue weighted by Gasteiger charge is 2.39. The van der Waals surface area contributed by atoms with Crippen LogP contribution >= 0.6 is 0 Å². The molecule has 2 heterocycles. The Morgan fingerprint density at radius 2 is 1.15 bits per heavy atom. The summed E-state index contributed by atoms with van der Waals surface area (Å²) in [5, 5.41) is 6.64. The molecule has 0 radical (unpaired) electrons. The molecule has 1 unspecified atom stereocenters. The van der Waals surface area contributed by atoms with E-state index in [1.54, 1.807) is 25.1 Å². The van der Waals surface area contributed by atoms with Crippen molar-refractivity contribution in [1.29, 1.82) is 0 Å². The Morgan fingerprint density at radius 3 is 1.68 bits per heavy atom. The number of carbonyl (C=O) groups excluding carboxylic acids is 5. The van der Waals surface area contributed by atoms with Crippen LogP contribution < -0.4 is 0 Å². The van der Waals surface area contributed by atoms with Gasteiger partial charge in [0.15, 0.2) is 0 Å². The maximum Gasteiger partial charge on any atom is 0.335 e.